The van der Waals surface area contributed by atoms with Crippen LogP contribution in [0.15, 0.2) is 54.6 Å². The topological polar surface area (TPSA) is 64.3 Å². The summed E-state index contributed by atoms with van der Waals surface area (Å²) >= 11 is 0. The Hall–Kier alpha value is -3.41. The molecular formula is C22H23N5O. The van der Waals surface area contributed by atoms with Gasteiger partial charge in [-0.2, -0.15) is 9.50 Å². The van der Waals surface area contributed by atoms with Crippen LogP contribution in [-0.4, -0.2) is 26.2 Å². The maximum absolute atomic E-state index is 5.53. The molecule has 0 saturated carbocycles. The average molecular weight is 373 g/mol. The van der Waals surface area contributed by atoms with Crippen LogP contribution in [0.5, 0.6) is 5.75 Å². The monoisotopic (exact) mass is 373 g/mol. The number of anilines is 2. The van der Waals surface area contributed by atoms with Crippen molar-refractivity contribution in [3.63, 3.8) is 0 Å². The highest BCUT2D eigenvalue weighted by Crippen LogP contribution is 2.27. The molecule has 0 radical (unpaired) electrons. The Bertz CT molecular complexity index is 1090. The number of aryl methyl sites for hydroxylation is 1. The fraction of sp³-hybridized carbons (Fsp3) is 0.227. The van der Waals surface area contributed by atoms with Crippen molar-refractivity contribution in [1.29, 1.82) is 0 Å². The van der Waals surface area contributed by atoms with Crippen molar-refractivity contribution in [3.8, 4) is 17.1 Å². The van der Waals surface area contributed by atoms with Crippen LogP contribution in [0, 0.1) is 6.92 Å². The van der Waals surface area contributed by atoms with Crippen molar-refractivity contribution in [1.82, 2.24) is 19.6 Å². The second-order valence-electron chi connectivity index (χ2n) is 6.47. The van der Waals surface area contributed by atoms with Gasteiger partial charge in [-0.3, -0.25) is 0 Å². The van der Waals surface area contributed by atoms with Crippen LogP contribution in [0.4, 0.5) is 11.5 Å². The first-order chi connectivity index (χ1) is 13.7. The van der Waals surface area contributed by atoms with E-state index in [2.05, 4.69) is 22.2 Å². The number of nitrogens with zero attached hydrogens (tertiary/aromatic N) is 4. The first-order valence-corrected chi connectivity index (χ1v) is 9.51. The number of benzene rings is 2. The third-order valence-corrected chi connectivity index (χ3v) is 4.61. The molecule has 0 aliphatic carbocycles. The van der Waals surface area contributed by atoms with Gasteiger partial charge in [0.25, 0.3) is 5.78 Å². The minimum absolute atomic E-state index is 0.585. The zero-order chi connectivity index (χ0) is 19.5. The smallest absolute Gasteiger partial charge is 0.254 e. The predicted molar refractivity (Wildman–Crippen MR) is 111 cm³/mol. The summed E-state index contributed by atoms with van der Waals surface area (Å²) in [6.07, 6.45) is 0.842. The Balaban J connectivity index is 1.79. The Labute approximate surface area is 164 Å². The van der Waals surface area contributed by atoms with Crippen LogP contribution in [0.25, 0.3) is 17.2 Å². The van der Waals surface area contributed by atoms with Gasteiger partial charge in [0.2, 0.25) is 0 Å². The van der Waals surface area contributed by atoms with Crippen molar-refractivity contribution < 1.29 is 4.74 Å². The molecule has 0 unspecified atom stereocenters. The molecule has 0 aliphatic heterocycles. The van der Waals surface area contributed by atoms with Crippen LogP contribution in [0.3, 0.4) is 0 Å². The van der Waals surface area contributed by atoms with Gasteiger partial charge in [-0.15, -0.1) is 5.10 Å². The summed E-state index contributed by atoms with van der Waals surface area (Å²) in [6.45, 7) is 6.76. The largest absolute Gasteiger partial charge is 0.494 e. The molecule has 4 rings (SSSR count). The Morgan fingerprint density at radius 2 is 1.71 bits per heavy atom. The molecule has 2 aromatic carbocycles. The van der Waals surface area contributed by atoms with Crippen molar-refractivity contribution in [2.45, 2.75) is 27.2 Å². The standard InChI is InChI=1S/C22H23N5O/c1-4-19-15(3)23-22-25-20(16-9-7-6-8-10-16)26-27(22)21(19)24-17-11-13-18(14-12-17)28-5-2/h6-14,24H,4-5H2,1-3H3. The van der Waals surface area contributed by atoms with Crippen LogP contribution >= 0.6 is 0 Å². The molecule has 1 N–H and O–H groups in total. The highest BCUT2D eigenvalue weighted by molar-refractivity contribution is 5.65. The van der Waals surface area contributed by atoms with Crippen LogP contribution < -0.4 is 10.1 Å². The van der Waals surface area contributed by atoms with Gasteiger partial charge in [0.15, 0.2) is 5.82 Å². The summed E-state index contributed by atoms with van der Waals surface area (Å²) in [5.41, 5.74) is 4.00. The van der Waals surface area contributed by atoms with E-state index < -0.39 is 0 Å². The quantitative estimate of drug-likeness (QED) is 0.526. The second kappa shape index (κ2) is 7.68. The fourth-order valence-corrected chi connectivity index (χ4v) is 3.24. The molecule has 28 heavy (non-hydrogen) atoms. The summed E-state index contributed by atoms with van der Waals surface area (Å²) in [6, 6.07) is 17.9. The lowest BCUT2D eigenvalue weighted by molar-refractivity contribution is 0.340. The highest BCUT2D eigenvalue weighted by atomic mass is 16.5. The first-order valence-electron chi connectivity index (χ1n) is 9.51. The van der Waals surface area contributed by atoms with Crippen LogP contribution in [-0.2, 0) is 6.42 Å². The van der Waals surface area contributed by atoms with E-state index in [9.17, 15) is 0 Å². The molecule has 0 spiro atoms. The van der Waals surface area contributed by atoms with Crippen molar-refractivity contribution in [2.24, 2.45) is 0 Å². The summed E-state index contributed by atoms with van der Waals surface area (Å²) in [5.74, 6) is 2.99. The molecule has 6 nitrogen and oxygen atoms in total. The molecule has 0 saturated heterocycles. The molecule has 2 aromatic heterocycles. The molecule has 0 bridgehead atoms. The second-order valence-corrected chi connectivity index (χ2v) is 6.47. The van der Waals surface area contributed by atoms with E-state index in [1.807, 2.05) is 68.4 Å². The lowest BCUT2D eigenvalue weighted by atomic mass is 10.1. The lowest BCUT2D eigenvalue weighted by Crippen LogP contribution is -2.08. The zero-order valence-electron chi connectivity index (χ0n) is 16.3. The number of nitrogens with one attached hydrogen (secondary N) is 1. The van der Waals surface area contributed by atoms with Gasteiger partial charge in [0.1, 0.15) is 11.6 Å². The Kier molecular flexibility index (Phi) is 4.93. The van der Waals surface area contributed by atoms with E-state index in [4.69, 9.17) is 9.84 Å². The van der Waals surface area contributed by atoms with Crippen LogP contribution in [0.1, 0.15) is 25.1 Å². The van der Waals surface area contributed by atoms with Gasteiger partial charge in [0, 0.05) is 22.5 Å². The van der Waals surface area contributed by atoms with Gasteiger partial charge in [-0.1, -0.05) is 37.3 Å². The van der Waals surface area contributed by atoms with E-state index >= 15 is 0 Å². The minimum Gasteiger partial charge on any atom is -0.494 e. The molecule has 4 aromatic rings. The number of ether oxygens (including phenoxy) is 1. The third kappa shape index (κ3) is 3.41. The molecule has 0 atom stereocenters. The zero-order valence-corrected chi connectivity index (χ0v) is 16.3. The minimum atomic E-state index is 0.585. The van der Waals surface area contributed by atoms with E-state index in [-0.39, 0.29) is 0 Å². The van der Waals surface area contributed by atoms with Crippen molar-refractivity contribution >= 4 is 17.3 Å². The van der Waals surface area contributed by atoms with Gasteiger partial charge in [0.05, 0.1) is 6.61 Å². The number of rotatable bonds is 6. The fourth-order valence-electron chi connectivity index (χ4n) is 3.24. The summed E-state index contributed by atoms with van der Waals surface area (Å²) in [5, 5.41) is 8.24. The maximum atomic E-state index is 5.53. The van der Waals surface area contributed by atoms with E-state index in [0.717, 1.165) is 40.5 Å². The molecule has 6 heteroatoms. The number of hydrogen-bond donors (Lipinski definition) is 1. The predicted octanol–water partition coefficient (Wildman–Crippen LogP) is 4.80. The van der Waals surface area contributed by atoms with Gasteiger partial charge < -0.3 is 10.1 Å². The first kappa shape index (κ1) is 18.0. The number of fused-ring (bicyclic) bond motifs is 1. The number of aromatic nitrogens is 4. The van der Waals surface area contributed by atoms with Crippen LogP contribution in [0.2, 0.25) is 0 Å². The van der Waals surface area contributed by atoms with Crippen molar-refractivity contribution in [3.05, 3.63) is 65.9 Å². The van der Waals surface area contributed by atoms with Gasteiger partial charge >= 0.3 is 0 Å². The summed E-state index contributed by atoms with van der Waals surface area (Å²) < 4.78 is 7.33. The van der Waals surface area contributed by atoms with E-state index in [1.54, 1.807) is 4.52 Å². The van der Waals surface area contributed by atoms with Crippen molar-refractivity contribution in [2.75, 3.05) is 11.9 Å². The van der Waals surface area contributed by atoms with Gasteiger partial charge in [-0.05, 0) is 44.5 Å². The SMILES string of the molecule is CCOc1ccc(Nc2c(CC)c(C)nc3nc(-c4ccccc4)nn23)cc1. The van der Waals surface area contributed by atoms with E-state index in [0.29, 0.717) is 18.2 Å². The number of hydrogen-bond acceptors (Lipinski definition) is 5. The van der Waals surface area contributed by atoms with Gasteiger partial charge in [-0.25, -0.2) is 4.98 Å². The molecular weight excluding hydrogens is 350 g/mol. The molecule has 0 fully saturated rings. The average Bonchev–Trinajstić information content (AvgIpc) is 3.14. The molecule has 2 heterocycles. The summed E-state index contributed by atoms with van der Waals surface area (Å²) in [4.78, 5) is 9.30. The molecule has 0 aliphatic rings. The summed E-state index contributed by atoms with van der Waals surface area (Å²) in [7, 11) is 0. The Morgan fingerprint density at radius 3 is 2.39 bits per heavy atom. The normalized spacial score (nSPS) is 11.0. The van der Waals surface area contributed by atoms with E-state index in [1.165, 1.54) is 0 Å². The maximum Gasteiger partial charge on any atom is 0.254 e. The highest BCUT2D eigenvalue weighted by Gasteiger charge is 2.16. The molecule has 0 amide bonds. The Morgan fingerprint density at radius 1 is 0.964 bits per heavy atom. The molecule has 142 valence electrons. The third-order valence-electron chi connectivity index (χ3n) is 4.61. The lowest BCUT2D eigenvalue weighted by Gasteiger charge is -2.14.